The molecule has 0 saturated heterocycles. The van der Waals surface area contributed by atoms with Crippen LogP contribution >= 0.6 is 11.6 Å². The van der Waals surface area contributed by atoms with Gasteiger partial charge in [0.1, 0.15) is 0 Å². The van der Waals surface area contributed by atoms with Gasteiger partial charge in [-0.2, -0.15) is 0 Å². The zero-order valence-corrected chi connectivity index (χ0v) is 11.6. The first-order chi connectivity index (χ1) is 9.15. The van der Waals surface area contributed by atoms with Crippen molar-refractivity contribution < 1.29 is 4.79 Å². The number of aryl methyl sites for hydroxylation is 1. The first-order valence-electron chi connectivity index (χ1n) is 6.24. The predicted octanol–water partition coefficient (Wildman–Crippen LogP) is 4.33. The molecule has 0 fully saturated rings. The van der Waals surface area contributed by atoms with Crippen molar-refractivity contribution in [3.05, 3.63) is 64.7 Å². The number of hydrogen-bond donors (Lipinski definition) is 1. The number of rotatable bonds is 5. The minimum Gasteiger partial charge on any atom is -0.385 e. The largest absolute Gasteiger partial charge is 0.385 e. The van der Waals surface area contributed by atoms with Crippen LogP contribution in [0.3, 0.4) is 0 Å². The molecule has 0 spiro atoms. The van der Waals surface area contributed by atoms with E-state index in [2.05, 4.69) is 5.32 Å². The third-order valence-corrected chi connectivity index (χ3v) is 3.15. The summed E-state index contributed by atoms with van der Waals surface area (Å²) in [6.45, 7) is 2.68. The number of hydrogen-bond acceptors (Lipinski definition) is 2. The van der Waals surface area contributed by atoms with Crippen molar-refractivity contribution in [1.82, 2.24) is 0 Å². The summed E-state index contributed by atoms with van der Waals surface area (Å²) in [6.07, 6.45) is 0.468. The molecule has 0 bridgehead atoms. The Bertz CT molecular complexity index is 546. The van der Waals surface area contributed by atoms with E-state index < -0.39 is 0 Å². The highest BCUT2D eigenvalue weighted by Crippen LogP contribution is 2.12. The first-order valence-corrected chi connectivity index (χ1v) is 6.62. The Hall–Kier alpha value is -1.80. The Balaban J connectivity index is 1.84. The van der Waals surface area contributed by atoms with Crippen molar-refractivity contribution in [2.45, 2.75) is 13.3 Å². The Morgan fingerprint density at radius 2 is 1.68 bits per heavy atom. The molecule has 0 amide bonds. The van der Waals surface area contributed by atoms with E-state index in [1.807, 2.05) is 31.2 Å². The van der Waals surface area contributed by atoms with E-state index in [1.165, 1.54) is 5.56 Å². The molecule has 98 valence electrons. The fourth-order valence-corrected chi connectivity index (χ4v) is 1.90. The van der Waals surface area contributed by atoms with Gasteiger partial charge in [-0.15, -0.1) is 0 Å². The lowest BCUT2D eigenvalue weighted by Crippen LogP contribution is -2.08. The molecule has 2 nitrogen and oxygen atoms in total. The molecule has 0 aliphatic carbocycles. The van der Waals surface area contributed by atoms with Crippen LogP contribution in [0.4, 0.5) is 5.69 Å². The van der Waals surface area contributed by atoms with Gasteiger partial charge in [-0.25, -0.2) is 0 Å². The molecule has 3 heteroatoms. The molecule has 2 aromatic carbocycles. The predicted molar refractivity (Wildman–Crippen MR) is 80.1 cm³/mol. The van der Waals surface area contributed by atoms with Gasteiger partial charge in [-0.05, 0) is 43.3 Å². The highest BCUT2D eigenvalue weighted by atomic mass is 35.5. The third kappa shape index (κ3) is 4.11. The van der Waals surface area contributed by atoms with Crippen molar-refractivity contribution in [2.75, 3.05) is 11.9 Å². The molecule has 2 rings (SSSR count). The Morgan fingerprint density at radius 1 is 1.05 bits per heavy atom. The minimum atomic E-state index is 0.122. The number of benzene rings is 2. The maximum atomic E-state index is 11.9. The zero-order chi connectivity index (χ0) is 13.7. The smallest absolute Gasteiger partial charge is 0.164 e. The van der Waals surface area contributed by atoms with Crippen LogP contribution in [0.15, 0.2) is 48.5 Å². The molecule has 0 aromatic heterocycles. The van der Waals surface area contributed by atoms with Gasteiger partial charge in [0, 0.05) is 29.2 Å². The summed E-state index contributed by atoms with van der Waals surface area (Å²) in [5.41, 5.74) is 2.97. The van der Waals surface area contributed by atoms with Crippen LogP contribution in [0.2, 0.25) is 5.02 Å². The number of nitrogens with one attached hydrogen (secondary N) is 1. The SMILES string of the molecule is Cc1ccc(NCCC(=O)c2ccc(Cl)cc2)cc1. The standard InChI is InChI=1S/C16H16ClNO/c1-12-2-8-15(9-3-12)18-11-10-16(19)13-4-6-14(17)7-5-13/h2-9,18H,10-11H2,1H3. The molecule has 0 aliphatic rings. The first kappa shape index (κ1) is 13.6. The van der Waals surface area contributed by atoms with E-state index >= 15 is 0 Å². The number of Topliss-reactive ketones (excluding diaryl/α,β-unsaturated/α-hetero) is 1. The van der Waals surface area contributed by atoms with Crippen LogP contribution in [0, 0.1) is 6.92 Å². The molecule has 0 aliphatic heterocycles. The summed E-state index contributed by atoms with van der Waals surface area (Å²) in [4.78, 5) is 11.9. The van der Waals surface area contributed by atoms with Crippen LogP contribution < -0.4 is 5.32 Å². The van der Waals surface area contributed by atoms with Crippen molar-refractivity contribution in [2.24, 2.45) is 0 Å². The monoisotopic (exact) mass is 273 g/mol. The summed E-state index contributed by atoms with van der Waals surface area (Å²) in [6, 6.07) is 15.1. The van der Waals surface area contributed by atoms with Crippen LogP contribution in [0.25, 0.3) is 0 Å². The molecular formula is C16H16ClNO. The van der Waals surface area contributed by atoms with Crippen LogP contribution in [0.1, 0.15) is 22.3 Å². The van der Waals surface area contributed by atoms with E-state index in [9.17, 15) is 4.79 Å². The fraction of sp³-hybridized carbons (Fsp3) is 0.188. The number of halogens is 1. The van der Waals surface area contributed by atoms with Crippen molar-refractivity contribution in [3.63, 3.8) is 0 Å². The van der Waals surface area contributed by atoms with E-state index in [-0.39, 0.29) is 5.78 Å². The maximum Gasteiger partial charge on any atom is 0.164 e. The summed E-state index contributed by atoms with van der Waals surface area (Å²) in [5.74, 6) is 0.122. The zero-order valence-electron chi connectivity index (χ0n) is 10.8. The highest BCUT2D eigenvalue weighted by Gasteiger charge is 2.05. The second kappa shape index (κ2) is 6.39. The molecule has 1 N–H and O–H groups in total. The topological polar surface area (TPSA) is 29.1 Å². The van der Waals surface area contributed by atoms with E-state index in [1.54, 1.807) is 24.3 Å². The summed E-state index contributed by atoms with van der Waals surface area (Å²) >= 11 is 5.79. The Labute approximate surface area is 118 Å². The molecule has 0 radical (unpaired) electrons. The average molecular weight is 274 g/mol. The second-order valence-corrected chi connectivity index (χ2v) is 4.91. The van der Waals surface area contributed by atoms with Gasteiger partial charge in [0.15, 0.2) is 5.78 Å². The lowest BCUT2D eigenvalue weighted by Gasteiger charge is -2.06. The molecule has 0 saturated carbocycles. The van der Waals surface area contributed by atoms with Gasteiger partial charge in [-0.1, -0.05) is 29.3 Å². The van der Waals surface area contributed by atoms with E-state index in [4.69, 9.17) is 11.6 Å². The summed E-state index contributed by atoms with van der Waals surface area (Å²) in [7, 11) is 0. The fourth-order valence-electron chi connectivity index (χ4n) is 1.77. The number of carbonyl (C=O) groups is 1. The highest BCUT2D eigenvalue weighted by molar-refractivity contribution is 6.30. The van der Waals surface area contributed by atoms with Crippen LogP contribution in [-0.4, -0.2) is 12.3 Å². The van der Waals surface area contributed by atoms with Crippen LogP contribution in [-0.2, 0) is 0 Å². The molecule has 2 aromatic rings. The van der Waals surface area contributed by atoms with Gasteiger partial charge in [0.2, 0.25) is 0 Å². The molecule has 0 unspecified atom stereocenters. The van der Waals surface area contributed by atoms with Crippen molar-refractivity contribution in [3.8, 4) is 0 Å². The number of carbonyl (C=O) groups excluding carboxylic acids is 1. The van der Waals surface area contributed by atoms with Crippen molar-refractivity contribution in [1.29, 1.82) is 0 Å². The van der Waals surface area contributed by atoms with Gasteiger partial charge in [0.25, 0.3) is 0 Å². The Morgan fingerprint density at radius 3 is 2.32 bits per heavy atom. The average Bonchev–Trinajstić information content (AvgIpc) is 2.41. The summed E-state index contributed by atoms with van der Waals surface area (Å²) in [5, 5.41) is 3.88. The molecule has 0 atom stereocenters. The number of anilines is 1. The van der Waals surface area contributed by atoms with Crippen molar-refractivity contribution >= 4 is 23.1 Å². The molecule has 0 heterocycles. The van der Waals surface area contributed by atoms with Gasteiger partial charge in [0.05, 0.1) is 0 Å². The summed E-state index contributed by atoms with van der Waals surface area (Å²) < 4.78 is 0. The number of ketones is 1. The normalized spacial score (nSPS) is 10.2. The Kier molecular flexibility index (Phi) is 4.58. The van der Waals surface area contributed by atoms with Gasteiger partial charge < -0.3 is 5.32 Å². The third-order valence-electron chi connectivity index (χ3n) is 2.90. The van der Waals surface area contributed by atoms with E-state index in [0.717, 1.165) is 5.69 Å². The van der Waals surface area contributed by atoms with Crippen LogP contribution in [0.5, 0.6) is 0 Å². The lowest BCUT2D eigenvalue weighted by molar-refractivity contribution is 0.0986. The van der Waals surface area contributed by atoms with E-state index in [0.29, 0.717) is 23.6 Å². The lowest BCUT2D eigenvalue weighted by atomic mass is 10.1. The van der Waals surface area contributed by atoms with Gasteiger partial charge >= 0.3 is 0 Å². The van der Waals surface area contributed by atoms with Gasteiger partial charge in [-0.3, -0.25) is 4.79 Å². The molecular weight excluding hydrogens is 258 g/mol. The quantitative estimate of drug-likeness (QED) is 0.822. The molecule has 19 heavy (non-hydrogen) atoms. The minimum absolute atomic E-state index is 0.122. The second-order valence-electron chi connectivity index (χ2n) is 4.47. The maximum absolute atomic E-state index is 11.9.